The molecule has 198 valence electrons. The third kappa shape index (κ3) is 5.10. The first-order valence-corrected chi connectivity index (χ1v) is 13.7. The van der Waals surface area contributed by atoms with Crippen LogP contribution in [-0.2, 0) is 20.7 Å². The number of thiazole rings is 1. The number of rotatable bonds is 8. The van der Waals surface area contributed by atoms with Crippen molar-refractivity contribution >= 4 is 34.2 Å². The summed E-state index contributed by atoms with van der Waals surface area (Å²) >= 11 is 1.59. The highest BCUT2D eigenvalue weighted by Gasteiger charge is 2.64. The SMILES string of the molecule is CC(=O)N[C@H]1CC12CN(c1ccc(-c3ccc(Cc4csc(NCC5CCCO5)n4)cc3)c(F)c1)C(=O)O2. The molecule has 8 nitrogen and oxygen atoms in total. The van der Waals surface area contributed by atoms with Crippen LogP contribution >= 0.6 is 11.3 Å². The van der Waals surface area contributed by atoms with Crippen molar-refractivity contribution in [3.05, 3.63) is 64.9 Å². The minimum atomic E-state index is -0.716. The van der Waals surface area contributed by atoms with Crippen molar-refractivity contribution in [2.75, 3.05) is 29.9 Å². The summed E-state index contributed by atoms with van der Waals surface area (Å²) in [5.74, 6) is -0.583. The standard InChI is InChI=1S/C28H29FN4O4S/c1-17(34)31-25-13-28(25)16-33(27(35)37-28)21-8-9-23(24(29)12-21)19-6-4-18(5-7-19)11-20-15-38-26(32-20)30-14-22-3-2-10-36-22/h4-9,12,15,22,25H,2-3,10-11,13-14,16H2,1H3,(H,30,32)(H,31,34)/t22?,25-,28?/m0/s1. The summed E-state index contributed by atoms with van der Waals surface area (Å²) in [6, 6.07) is 12.3. The van der Waals surface area contributed by atoms with Crippen LogP contribution in [-0.4, -0.2) is 54.4 Å². The molecule has 2 aliphatic heterocycles. The third-order valence-electron chi connectivity index (χ3n) is 7.31. The predicted octanol–water partition coefficient (Wildman–Crippen LogP) is 4.73. The molecule has 1 spiro atoms. The predicted molar refractivity (Wildman–Crippen MR) is 143 cm³/mol. The molecule has 1 aliphatic carbocycles. The molecule has 1 saturated carbocycles. The van der Waals surface area contributed by atoms with E-state index in [4.69, 9.17) is 9.47 Å². The largest absolute Gasteiger partial charge is 0.438 e. The van der Waals surface area contributed by atoms with Crippen molar-refractivity contribution in [2.45, 2.75) is 50.4 Å². The van der Waals surface area contributed by atoms with Crippen LogP contribution < -0.4 is 15.5 Å². The van der Waals surface area contributed by atoms with Gasteiger partial charge in [0.1, 0.15) is 5.82 Å². The fourth-order valence-electron chi connectivity index (χ4n) is 5.19. The Morgan fingerprint density at radius 2 is 2.11 bits per heavy atom. The van der Waals surface area contributed by atoms with Crippen molar-refractivity contribution in [1.82, 2.24) is 10.3 Å². The zero-order valence-corrected chi connectivity index (χ0v) is 21.9. The fraction of sp³-hybridized carbons (Fsp3) is 0.393. The van der Waals surface area contributed by atoms with E-state index in [1.165, 1.54) is 17.9 Å². The smallest absolute Gasteiger partial charge is 0.415 e. The number of aromatic nitrogens is 1. The van der Waals surface area contributed by atoms with Gasteiger partial charge in [-0.1, -0.05) is 24.3 Å². The van der Waals surface area contributed by atoms with Crippen LogP contribution in [0.5, 0.6) is 0 Å². The van der Waals surface area contributed by atoms with Gasteiger partial charge in [-0.2, -0.15) is 0 Å². The molecule has 2 amide bonds. The van der Waals surface area contributed by atoms with Crippen LogP contribution in [0.4, 0.5) is 20.0 Å². The Bertz CT molecular complexity index is 1360. The summed E-state index contributed by atoms with van der Waals surface area (Å²) in [6.07, 6.45) is 3.21. The van der Waals surface area contributed by atoms with Crippen LogP contribution in [0, 0.1) is 5.82 Å². The lowest BCUT2D eigenvalue weighted by Crippen LogP contribution is -2.33. The van der Waals surface area contributed by atoms with Crippen LogP contribution in [0.2, 0.25) is 0 Å². The molecule has 0 bridgehead atoms. The van der Waals surface area contributed by atoms with E-state index in [9.17, 15) is 9.59 Å². The summed E-state index contributed by atoms with van der Waals surface area (Å²) in [4.78, 5) is 29.9. The molecule has 2 N–H and O–H groups in total. The number of nitrogens with zero attached hydrogens (tertiary/aromatic N) is 2. The normalized spacial score (nSPS) is 24.1. The molecular weight excluding hydrogens is 507 g/mol. The van der Waals surface area contributed by atoms with Crippen LogP contribution in [0.3, 0.4) is 0 Å². The first kappa shape index (κ1) is 24.8. The highest BCUT2D eigenvalue weighted by molar-refractivity contribution is 7.13. The molecule has 2 saturated heterocycles. The van der Waals surface area contributed by atoms with E-state index in [-0.39, 0.29) is 24.6 Å². The van der Waals surface area contributed by atoms with Crippen molar-refractivity contribution in [3.8, 4) is 11.1 Å². The Labute approximate surface area is 224 Å². The Kier molecular flexibility index (Phi) is 6.53. The van der Waals surface area contributed by atoms with Gasteiger partial charge in [-0.05, 0) is 42.2 Å². The van der Waals surface area contributed by atoms with Crippen molar-refractivity contribution in [1.29, 1.82) is 0 Å². The van der Waals surface area contributed by atoms with Crippen LogP contribution in [0.25, 0.3) is 11.1 Å². The summed E-state index contributed by atoms with van der Waals surface area (Å²) in [6.45, 7) is 3.34. The zero-order chi connectivity index (χ0) is 26.3. The molecule has 3 aliphatic rings. The highest BCUT2D eigenvalue weighted by Crippen LogP contribution is 2.46. The van der Waals surface area contributed by atoms with Gasteiger partial charge in [-0.15, -0.1) is 11.3 Å². The van der Waals surface area contributed by atoms with Gasteiger partial charge in [0.25, 0.3) is 0 Å². The molecule has 38 heavy (non-hydrogen) atoms. The first-order valence-electron chi connectivity index (χ1n) is 12.8. The van der Waals surface area contributed by atoms with E-state index >= 15 is 4.39 Å². The number of amides is 2. The number of hydrogen-bond donors (Lipinski definition) is 2. The number of benzene rings is 2. The number of ether oxygens (including phenoxy) is 2. The van der Waals surface area contributed by atoms with Gasteiger partial charge in [0.05, 0.1) is 30.1 Å². The number of carbonyl (C=O) groups excluding carboxylic acids is 2. The second-order valence-electron chi connectivity index (χ2n) is 10.2. The molecular formula is C28H29FN4O4S. The average molecular weight is 537 g/mol. The van der Waals surface area contributed by atoms with E-state index in [1.807, 2.05) is 24.3 Å². The molecule has 3 aromatic rings. The maximum atomic E-state index is 15.1. The number of nitrogens with one attached hydrogen (secondary N) is 2. The van der Waals surface area contributed by atoms with Gasteiger partial charge in [-0.25, -0.2) is 14.2 Å². The van der Waals surface area contributed by atoms with E-state index in [0.29, 0.717) is 24.1 Å². The molecule has 3 atom stereocenters. The van der Waals surface area contributed by atoms with Gasteiger partial charge in [0.2, 0.25) is 5.91 Å². The summed E-state index contributed by atoms with van der Waals surface area (Å²) < 4.78 is 26.3. The number of halogens is 1. The Morgan fingerprint density at radius 3 is 2.84 bits per heavy atom. The summed E-state index contributed by atoms with van der Waals surface area (Å²) in [5.41, 5.74) is 3.00. The number of carbonyl (C=O) groups is 2. The van der Waals surface area contributed by atoms with E-state index in [1.54, 1.807) is 23.5 Å². The van der Waals surface area contributed by atoms with Gasteiger partial charge < -0.3 is 20.1 Å². The van der Waals surface area contributed by atoms with Crippen molar-refractivity contribution < 1.29 is 23.5 Å². The lowest BCUT2D eigenvalue weighted by molar-refractivity contribution is -0.119. The first-order chi connectivity index (χ1) is 18.4. The Morgan fingerprint density at radius 1 is 1.26 bits per heavy atom. The van der Waals surface area contributed by atoms with Gasteiger partial charge in [0, 0.05) is 43.9 Å². The van der Waals surface area contributed by atoms with Gasteiger partial charge >= 0.3 is 6.09 Å². The minimum Gasteiger partial charge on any atom is -0.438 e. The molecule has 3 fully saturated rings. The lowest BCUT2D eigenvalue weighted by Gasteiger charge is -2.15. The maximum absolute atomic E-state index is 15.1. The third-order valence-corrected chi connectivity index (χ3v) is 8.16. The minimum absolute atomic E-state index is 0.166. The van der Waals surface area contributed by atoms with E-state index in [2.05, 4.69) is 21.0 Å². The molecule has 0 radical (unpaired) electrons. The van der Waals surface area contributed by atoms with E-state index < -0.39 is 17.5 Å². The average Bonchev–Trinajstić information content (AvgIpc) is 3.34. The monoisotopic (exact) mass is 536 g/mol. The number of anilines is 2. The molecule has 6 rings (SSSR count). The maximum Gasteiger partial charge on any atom is 0.415 e. The van der Waals surface area contributed by atoms with E-state index in [0.717, 1.165) is 47.9 Å². The van der Waals surface area contributed by atoms with Crippen molar-refractivity contribution in [2.24, 2.45) is 0 Å². The van der Waals surface area contributed by atoms with Crippen molar-refractivity contribution in [3.63, 3.8) is 0 Å². The molecule has 2 aromatic carbocycles. The zero-order valence-electron chi connectivity index (χ0n) is 21.0. The second kappa shape index (κ2) is 9.99. The summed E-state index contributed by atoms with van der Waals surface area (Å²) in [7, 11) is 0. The van der Waals surface area contributed by atoms with Crippen LogP contribution in [0.1, 0.15) is 37.4 Å². The van der Waals surface area contributed by atoms with Gasteiger partial charge in [0.15, 0.2) is 10.7 Å². The molecule has 1 aromatic heterocycles. The molecule has 2 unspecified atom stereocenters. The second-order valence-corrected chi connectivity index (χ2v) is 11.0. The van der Waals surface area contributed by atoms with Gasteiger partial charge in [-0.3, -0.25) is 9.69 Å². The fourth-order valence-corrected chi connectivity index (χ4v) is 5.91. The Balaban J connectivity index is 1.08. The highest BCUT2D eigenvalue weighted by atomic mass is 32.1. The van der Waals surface area contributed by atoms with Crippen LogP contribution in [0.15, 0.2) is 47.8 Å². The number of hydrogen-bond acceptors (Lipinski definition) is 7. The Hall–Kier alpha value is -3.50. The quantitative estimate of drug-likeness (QED) is 0.432. The molecule has 3 heterocycles. The lowest BCUT2D eigenvalue weighted by atomic mass is 10.0. The topological polar surface area (TPSA) is 92.8 Å². The summed E-state index contributed by atoms with van der Waals surface area (Å²) in [5, 5.41) is 9.11. The molecule has 10 heteroatoms.